The first-order chi connectivity index (χ1) is 16.6. The molecule has 0 bridgehead atoms. The number of para-hydroxylation sites is 1. The third-order valence-electron chi connectivity index (χ3n) is 6.70. The van der Waals surface area contributed by atoms with Gasteiger partial charge in [-0.3, -0.25) is 4.79 Å². The van der Waals surface area contributed by atoms with Gasteiger partial charge in [-0.1, -0.05) is 41.6 Å². The number of benzene rings is 3. The van der Waals surface area contributed by atoms with Crippen molar-refractivity contribution in [1.82, 2.24) is 10.1 Å². The molecule has 8 nitrogen and oxygen atoms in total. The number of ether oxygens (including phenoxy) is 3. The summed E-state index contributed by atoms with van der Waals surface area (Å²) in [5.41, 5.74) is 3.50. The maximum Gasteiger partial charge on any atom is 0.246 e. The molecule has 0 N–H and O–H groups in total. The molecule has 0 radical (unpaired) electrons. The number of hydrogen-bond acceptors (Lipinski definition) is 7. The van der Waals surface area contributed by atoms with Gasteiger partial charge in [0.15, 0.2) is 11.5 Å². The molecule has 1 spiro atoms. The van der Waals surface area contributed by atoms with Crippen molar-refractivity contribution in [1.29, 1.82) is 0 Å². The minimum absolute atomic E-state index is 0.0212. The number of nitrogens with zero attached hydrogens (tertiary/aromatic N) is 3. The molecule has 168 valence electrons. The van der Waals surface area contributed by atoms with Crippen LogP contribution in [0, 0.1) is 6.92 Å². The number of rotatable bonds is 3. The van der Waals surface area contributed by atoms with E-state index in [-0.39, 0.29) is 19.3 Å². The summed E-state index contributed by atoms with van der Waals surface area (Å²) in [7, 11) is 0. The molecule has 8 heteroatoms. The number of amides is 1. The molecule has 1 atom stereocenters. The second-order valence-electron chi connectivity index (χ2n) is 8.64. The van der Waals surface area contributed by atoms with Gasteiger partial charge in [0.05, 0.1) is 6.54 Å². The zero-order chi connectivity index (χ0) is 22.9. The van der Waals surface area contributed by atoms with Crippen LogP contribution in [0.15, 0.2) is 65.2 Å². The first kappa shape index (κ1) is 19.2. The topological polar surface area (TPSA) is 86.9 Å². The largest absolute Gasteiger partial charge is 0.491 e. The van der Waals surface area contributed by atoms with Gasteiger partial charge in [0.25, 0.3) is 0 Å². The predicted octanol–water partition coefficient (Wildman–Crippen LogP) is 4.00. The Labute approximate surface area is 194 Å². The van der Waals surface area contributed by atoms with Gasteiger partial charge in [-0.2, -0.15) is 4.98 Å². The van der Waals surface area contributed by atoms with E-state index in [2.05, 4.69) is 10.1 Å². The van der Waals surface area contributed by atoms with Crippen LogP contribution in [-0.2, 0) is 16.8 Å². The van der Waals surface area contributed by atoms with Gasteiger partial charge in [0.1, 0.15) is 17.8 Å². The average Bonchev–Trinajstić information content (AvgIpc) is 3.62. The lowest BCUT2D eigenvalue weighted by molar-refractivity contribution is -0.122. The van der Waals surface area contributed by atoms with E-state index in [0.717, 1.165) is 27.9 Å². The number of aromatic nitrogens is 2. The Hall–Kier alpha value is -4.33. The van der Waals surface area contributed by atoms with Gasteiger partial charge in [-0.25, -0.2) is 0 Å². The van der Waals surface area contributed by atoms with Gasteiger partial charge in [0.2, 0.25) is 24.4 Å². The zero-order valence-electron chi connectivity index (χ0n) is 18.3. The standard InChI is InChI=1S/C26H19N3O5/c1-15-27-24(28-34-15)17-6-4-5-16(9-17)12-29-20-8-3-2-7-18(20)26(25(29)30)13-31-21-11-23-22(10-19(21)26)32-14-33-23/h2-11H,12-14H2,1H3. The Bertz CT molecular complexity index is 1480. The van der Waals surface area contributed by atoms with Crippen molar-refractivity contribution < 1.29 is 23.5 Å². The average molecular weight is 453 g/mol. The molecule has 4 heterocycles. The Kier molecular flexibility index (Phi) is 3.85. The maximum absolute atomic E-state index is 14.1. The van der Waals surface area contributed by atoms with Crippen molar-refractivity contribution in [2.45, 2.75) is 18.9 Å². The number of anilines is 1. The summed E-state index contributed by atoms with van der Waals surface area (Å²) < 4.78 is 22.3. The summed E-state index contributed by atoms with van der Waals surface area (Å²) in [5, 5.41) is 4.02. The van der Waals surface area contributed by atoms with E-state index < -0.39 is 5.41 Å². The van der Waals surface area contributed by atoms with E-state index in [0.29, 0.717) is 35.5 Å². The predicted molar refractivity (Wildman–Crippen MR) is 121 cm³/mol. The summed E-state index contributed by atoms with van der Waals surface area (Å²) in [5.74, 6) is 2.94. The molecule has 3 aromatic carbocycles. The number of fused-ring (bicyclic) bond motifs is 5. The van der Waals surface area contributed by atoms with E-state index in [1.165, 1.54) is 0 Å². The fraction of sp³-hybridized carbons (Fsp3) is 0.192. The van der Waals surface area contributed by atoms with Crippen LogP contribution in [0.3, 0.4) is 0 Å². The van der Waals surface area contributed by atoms with E-state index in [1.807, 2.05) is 65.6 Å². The Morgan fingerprint density at radius 3 is 2.65 bits per heavy atom. The van der Waals surface area contributed by atoms with E-state index in [9.17, 15) is 4.79 Å². The van der Waals surface area contributed by atoms with Crippen LogP contribution in [0.1, 0.15) is 22.6 Å². The molecule has 0 saturated carbocycles. The Morgan fingerprint density at radius 2 is 1.79 bits per heavy atom. The molecule has 0 saturated heterocycles. The lowest BCUT2D eigenvalue weighted by atomic mass is 9.77. The smallest absolute Gasteiger partial charge is 0.246 e. The lowest BCUT2D eigenvalue weighted by Crippen LogP contribution is -2.42. The molecule has 3 aliphatic rings. The Morgan fingerprint density at radius 1 is 0.941 bits per heavy atom. The van der Waals surface area contributed by atoms with Crippen molar-refractivity contribution in [3.8, 4) is 28.6 Å². The van der Waals surface area contributed by atoms with Crippen LogP contribution in [-0.4, -0.2) is 29.4 Å². The highest BCUT2D eigenvalue weighted by molar-refractivity contribution is 6.11. The monoisotopic (exact) mass is 453 g/mol. The molecule has 3 aliphatic heterocycles. The molecule has 34 heavy (non-hydrogen) atoms. The second-order valence-corrected chi connectivity index (χ2v) is 8.64. The van der Waals surface area contributed by atoms with Crippen LogP contribution in [0.2, 0.25) is 0 Å². The summed E-state index contributed by atoms with van der Waals surface area (Å²) in [6.07, 6.45) is 0. The van der Waals surface area contributed by atoms with Gasteiger partial charge >= 0.3 is 0 Å². The number of hydrogen-bond donors (Lipinski definition) is 0. The van der Waals surface area contributed by atoms with Crippen molar-refractivity contribution >= 4 is 11.6 Å². The van der Waals surface area contributed by atoms with Crippen LogP contribution in [0.25, 0.3) is 11.4 Å². The van der Waals surface area contributed by atoms with E-state index in [1.54, 1.807) is 6.92 Å². The highest BCUT2D eigenvalue weighted by Crippen LogP contribution is 2.55. The minimum atomic E-state index is -0.921. The summed E-state index contributed by atoms with van der Waals surface area (Å²) in [6.45, 7) is 2.56. The molecular formula is C26H19N3O5. The Balaban J connectivity index is 1.31. The highest BCUT2D eigenvalue weighted by Gasteiger charge is 2.57. The normalized spacial score (nSPS) is 19.4. The summed E-state index contributed by atoms with van der Waals surface area (Å²) in [4.78, 5) is 20.3. The van der Waals surface area contributed by atoms with Gasteiger partial charge in [-0.05, 0) is 29.3 Å². The van der Waals surface area contributed by atoms with Crippen molar-refractivity contribution in [2.24, 2.45) is 0 Å². The van der Waals surface area contributed by atoms with Gasteiger partial charge in [0, 0.05) is 29.8 Å². The zero-order valence-corrected chi connectivity index (χ0v) is 18.3. The van der Waals surface area contributed by atoms with Crippen molar-refractivity contribution in [2.75, 3.05) is 18.3 Å². The van der Waals surface area contributed by atoms with Crippen molar-refractivity contribution in [3.05, 3.63) is 83.2 Å². The summed E-state index contributed by atoms with van der Waals surface area (Å²) >= 11 is 0. The number of carbonyl (C=O) groups is 1. The first-order valence-electron chi connectivity index (χ1n) is 11.0. The molecular weight excluding hydrogens is 434 g/mol. The van der Waals surface area contributed by atoms with Gasteiger partial charge in [-0.15, -0.1) is 0 Å². The van der Waals surface area contributed by atoms with Crippen LogP contribution in [0.4, 0.5) is 5.69 Å². The third-order valence-corrected chi connectivity index (χ3v) is 6.70. The molecule has 1 aromatic heterocycles. The summed E-state index contributed by atoms with van der Waals surface area (Å²) in [6, 6.07) is 19.5. The molecule has 1 unspecified atom stereocenters. The number of carbonyl (C=O) groups excluding carboxylic acids is 1. The number of aryl methyl sites for hydroxylation is 1. The molecule has 1 amide bonds. The van der Waals surface area contributed by atoms with Crippen molar-refractivity contribution in [3.63, 3.8) is 0 Å². The quantitative estimate of drug-likeness (QED) is 0.463. The van der Waals surface area contributed by atoms with E-state index in [4.69, 9.17) is 18.7 Å². The van der Waals surface area contributed by atoms with Crippen LogP contribution < -0.4 is 19.1 Å². The highest BCUT2D eigenvalue weighted by atomic mass is 16.7. The first-order valence-corrected chi connectivity index (χ1v) is 11.0. The third kappa shape index (κ3) is 2.56. The SMILES string of the molecule is Cc1nc(-c2cccc(CN3C(=O)C4(COc5cc6c(cc54)OCO6)c4ccccc43)c2)no1. The molecule has 0 fully saturated rings. The second kappa shape index (κ2) is 6.84. The maximum atomic E-state index is 14.1. The molecule has 7 rings (SSSR count). The fourth-order valence-corrected chi connectivity index (χ4v) is 5.13. The fourth-order valence-electron chi connectivity index (χ4n) is 5.13. The molecule has 0 aliphatic carbocycles. The van der Waals surface area contributed by atoms with E-state index >= 15 is 0 Å². The lowest BCUT2D eigenvalue weighted by Gasteiger charge is -2.23. The van der Waals surface area contributed by atoms with Crippen LogP contribution >= 0.6 is 0 Å². The minimum Gasteiger partial charge on any atom is -0.491 e. The molecule has 4 aromatic rings. The van der Waals surface area contributed by atoms with Crippen LogP contribution in [0.5, 0.6) is 17.2 Å². The van der Waals surface area contributed by atoms with Gasteiger partial charge < -0.3 is 23.6 Å².